The van der Waals surface area contributed by atoms with Crippen LogP contribution in [0.3, 0.4) is 0 Å². The van der Waals surface area contributed by atoms with Gasteiger partial charge in [0, 0.05) is 5.56 Å². The van der Waals surface area contributed by atoms with Crippen molar-refractivity contribution in [2.45, 2.75) is 6.04 Å². The molecule has 1 rings (SSSR count). The zero-order valence-electron chi connectivity index (χ0n) is 7.77. The van der Waals surface area contributed by atoms with Crippen molar-refractivity contribution in [3.8, 4) is 17.2 Å². The fourth-order valence-corrected chi connectivity index (χ4v) is 1.14. The number of aliphatic hydroxyl groups is 1. The third-order valence-corrected chi connectivity index (χ3v) is 1.96. The standard InChI is InChI=1S/C9H13NO4/c1-14-7-3-2-5(6(10)4-11)8(12)9(7)13/h2-3,6,11-13H,4,10H2,1H3/t6-/m1/s1. The Morgan fingerprint density at radius 2 is 2.00 bits per heavy atom. The minimum absolute atomic E-state index is 0.163. The average molecular weight is 199 g/mol. The molecule has 0 fully saturated rings. The third-order valence-electron chi connectivity index (χ3n) is 1.96. The van der Waals surface area contributed by atoms with Gasteiger partial charge in [-0.1, -0.05) is 0 Å². The molecule has 0 heterocycles. The summed E-state index contributed by atoms with van der Waals surface area (Å²) in [7, 11) is 1.38. The minimum Gasteiger partial charge on any atom is -0.504 e. The average Bonchev–Trinajstić information content (AvgIpc) is 2.21. The first-order chi connectivity index (χ1) is 6.61. The van der Waals surface area contributed by atoms with Crippen LogP contribution < -0.4 is 10.5 Å². The molecule has 0 unspecified atom stereocenters. The zero-order chi connectivity index (χ0) is 10.7. The minimum atomic E-state index is -0.716. The normalized spacial score (nSPS) is 12.5. The van der Waals surface area contributed by atoms with Crippen LogP contribution in [-0.4, -0.2) is 29.0 Å². The lowest BCUT2D eigenvalue weighted by Gasteiger charge is -2.13. The number of phenolic OH excluding ortho intramolecular Hbond substituents is 2. The Morgan fingerprint density at radius 3 is 2.50 bits per heavy atom. The quantitative estimate of drug-likeness (QED) is 0.518. The molecular weight excluding hydrogens is 186 g/mol. The molecule has 5 nitrogen and oxygen atoms in total. The maximum Gasteiger partial charge on any atom is 0.200 e. The van der Waals surface area contributed by atoms with Gasteiger partial charge in [0.1, 0.15) is 0 Å². The second-order valence-electron chi connectivity index (χ2n) is 2.84. The van der Waals surface area contributed by atoms with Gasteiger partial charge in [0.15, 0.2) is 11.5 Å². The summed E-state index contributed by atoms with van der Waals surface area (Å²) in [6, 6.07) is 2.25. The maximum absolute atomic E-state index is 9.49. The monoisotopic (exact) mass is 199 g/mol. The zero-order valence-corrected chi connectivity index (χ0v) is 7.77. The first kappa shape index (κ1) is 10.6. The van der Waals surface area contributed by atoms with Crippen LogP contribution in [0.15, 0.2) is 12.1 Å². The fourth-order valence-electron chi connectivity index (χ4n) is 1.14. The smallest absolute Gasteiger partial charge is 0.200 e. The number of nitrogens with two attached hydrogens (primary N) is 1. The fraction of sp³-hybridized carbons (Fsp3) is 0.333. The molecule has 0 amide bonds. The predicted molar refractivity (Wildman–Crippen MR) is 50.3 cm³/mol. The molecule has 0 saturated heterocycles. The molecule has 78 valence electrons. The van der Waals surface area contributed by atoms with Crippen molar-refractivity contribution in [3.63, 3.8) is 0 Å². The van der Waals surface area contributed by atoms with E-state index in [9.17, 15) is 10.2 Å². The molecule has 0 aliphatic carbocycles. The lowest BCUT2D eigenvalue weighted by molar-refractivity contribution is 0.263. The lowest BCUT2D eigenvalue weighted by atomic mass is 10.1. The van der Waals surface area contributed by atoms with Gasteiger partial charge in [-0.25, -0.2) is 0 Å². The van der Waals surface area contributed by atoms with Gasteiger partial charge >= 0.3 is 0 Å². The van der Waals surface area contributed by atoms with Crippen LogP contribution in [0, 0.1) is 0 Å². The molecule has 0 radical (unpaired) electrons. The van der Waals surface area contributed by atoms with E-state index in [1.54, 1.807) is 0 Å². The van der Waals surface area contributed by atoms with Gasteiger partial charge < -0.3 is 25.8 Å². The van der Waals surface area contributed by atoms with E-state index >= 15 is 0 Å². The van der Waals surface area contributed by atoms with E-state index in [4.69, 9.17) is 15.6 Å². The van der Waals surface area contributed by atoms with Crippen LogP contribution >= 0.6 is 0 Å². The Kier molecular flexibility index (Phi) is 3.16. The van der Waals surface area contributed by atoms with Gasteiger partial charge in [0.25, 0.3) is 0 Å². The third kappa shape index (κ3) is 1.73. The van der Waals surface area contributed by atoms with Crippen molar-refractivity contribution in [1.29, 1.82) is 0 Å². The Balaban J connectivity index is 3.17. The first-order valence-corrected chi connectivity index (χ1v) is 4.07. The SMILES string of the molecule is COc1ccc([C@H](N)CO)c(O)c1O. The number of aromatic hydroxyl groups is 2. The van der Waals surface area contributed by atoms with E-state index < -0.39 is 6.04 Å². The second kappa shape index (κ2) is 4.17. The number of phenols is 2. The molecule has 0 spiro atoms. The number of benzene rings is 1. The molecule has 5 N–H and O–H groups in total. The topological polar surface area (TPSA) is 95.9 Å². The van der Waals surface area contributed by atoms with Crippen LogP contribution in [0.25, 0.3) is 0 Å². The molecule has 1 aromatic carbocycles. The molecule has 1 aromatic rings. The number of ether oxygens (including phenoxy) is 1. The Hall–Kier alpha value is -1.46. The molecule has 1 atom stereocenters. The van der Waals surface area contributed by atoms with Gasteiger partial charge in [-0.2, -0.15) is 0 Å². The predicted octanol–water partition coefficient (Wildman–Crippen LogP) is 0.0985. The Bertz CT molecular complexity index is 327. The number of hydrogen-bond acceptors (Lipinski definition) is 5. The summed E-state index contributed by atoms with van der Waals surface area (Å²) in [4.78, 5) is 0. The highest BCUT2D eigenvalue weighted by Crippen LogP contribution is 2.39. The molecule has 14 heavy (non-hydrogen) atoms. The molecule has 0 saturated carbocycles. The Labute approximate surface area is 81.4 Å². The highest BCUT2D eigenvalue weighted by molar-refractivity contribution is 5.54. The number of aliphatic hydroxyl groups excluding tert-OH is 1. The maximum atomic E-state index is 9.49. The number of rotatable bonds is 3. The van der Waals surface area contributed by atoms with Gasteiger partial charge in [0.2, 0.25) is 5.75 Å². The Morgan fingerprint density at radius 1 is 1.36 bits per heavy atom. The van der Waals surface area contributed by atoms with Crippen LogP contribution in [0.1, 0.15) is 11.6 Å². The van der Waals surface area contributed by atoms with E-state index in [0.29, 0.717) is 0 Å². The summed E-state index contributed by atoms with van der Waals surface area (Å²) in [5.41, 5.74) is 5.78. The van der Waals surface area contributed by atoms with Crippen molar-refractivity contribution >= 4 is 0 Å². The highest BCUT2D eigenvalue weighted by atomic mass is 16.5. The van der Waals surface area contributed by atoms with Crippen molar-refractivity contribution in [3.05, 3.63) is 17.7 Å². The first-order valence-electron chi connectivity index (χ1n) is 4.07. The molecule has 0 aromatic heterocycles. The molecule has 5 heteroatoms. The van der Waals surface area contributed by atoms with E-state index in [-0.39, 0.29) is 29.4 Å². The van der Waals surface area contributed by atoms with E-state index in [1.807, 2.05) is 0 Å². The van der Waals surface area contributed by atoms with Crippen LogP contribution in [0.2, 0.25) is 0 Å². The van der Waals surface area contributed by atoms with Crippen LogP contribution in [0.4, 0.5) is 0 Å². The van der Waals surface area contributed by atoms with Crippen molar-refractivity contribution < 1.29 is 20.1 Å². The van der Waals surface area contributed by atoms with E-state index in [0.717, 1.165) is 0 Å². The summed E-state index contributed by atoms with van der Waals surface area (Å²) in [6.45, 7) is -0.306. The van der Waals surface area contributed by atoms with Gasteiger partial charge in [0.05, 0.1) is 19.8 Å². The van der Waals surface area contributed by atoms with Gasteiger partial charge in [-0.15, -0.1) is 0 Å². The largest absolute Gasteiger partial charge is 0.504 e. The van der Waals surface area contributed by atoms with Crippen LogP contribution in [-0.2, 0) is 0 Å². The highest BCUT2D eigenvalue weighted by Gasteiger charge is 2.16. The molecule has 0 aliphatic heterocycles. The van der Waals surface area contributed by atoms with Gasteiger partial charge in [-0.3, -0.25) is 0 Å². The summed E-state index contributed by atoms with van der Waals surface area (Å²) in [5, 5.41) is 27.7. The second-order valence-corrected chi connectivity index (χ2v) is 2.84. The number of hydrogen-bond donors (Lipinski definition) is 4. The lowest BCUT2D eigenvalue weighted by Crippen LogP contribution is -2.14. The van der Waals surface area contributed by atoms with Crippen molar-refractivity contribution in [2.24, 2.45) is 5.73 Å². The summed E-state index contributed by atoms with van der Waals surface area (Å²) < 4.78 is 4.78. The van der Waals surface area contributed by atoms with Crippen LogP contribution in [0.5, 0.6) is 17.2 Å². The van der Waals surface area contributed by atoms with Crippen molar-refractivity contribution in [1.82, 2.24) is 0 Å². The summed E-state index contributed by atoms with van der Waals surface area (Å²) in [6.07, 6.45) is 0. The summed E-state index contributed by atoms with van der Waals surface area (Å²) in [5.74, 6) is -0.559. The van der Waals surface area contributed by atoms with E-state index in [2.05, 4.69) is 0 Å². The van der Waals surface area contributed by atoms with E-state index in [1.165, 1.54) is 19.2 Å². The van der Waals surface area contributed by atoms with Gasteiger partial charge in [-0.05, 0) is 12.1 Å². The molecule has 0 bridgehead atoms. The molecular formula is C9H13NO4. The summed E-state index contributed by atoms with van der Waals surface area (Å²) >= 11 is 0. The van der Waals surface area contributed by atoms with Crippen molar-refractivity contribution in [2.75, 3.05) is 13.7 Å². The number of methoxy groups -OCH3 is 1. The molecule has 0 aliphatic rings.